The van der Waals surface area contributed by atoms with Gasteiger partial charge in [-0.25, -0.2) is 0 Å². The van der Waals surface area contributed by atoms with Gasteiger partial charge in [0.15, 0.2) is 0 Å². The second kappa shape index (κ2) is 14.1. The van der Waals surface area contributed by atoms with E-state index in [0.717, 1.165) is 38.5 Å². The molecule has 0 amide bonds. The van der Waals surface area contributed by atoms with Crippen molar-refractivity contribution in [3.8, 4) is 0 Å². The van der Waals surface area contributed by atoms with Crippen LogP contribution in [0, 0.1) is 20.2 Å². The maximum absolute atomic E-state index is 10.8. The molecule has 0 radical (unpaired) electrons. The molecule has 0 N–H and O–H groups in total. The molecule has 0 aromatic heterocycles. The lowest BCUT2D eigenvalue weighted by Gasteiger charge is -2.10. The molecular formula is C18H28N2O5. The zero-order valence-electron chi connectivity index (χ0n) is 14.8. The van der Waals surface area contributed by atoms with E-state index >= 15 is 0 Å². The van der Waals surface area contributed by atoms with Gasteiger partial charge in [0.05, 0.1) is 6.42 Å². The lowest BCUT2D eigenvalue weighted by molar-refractivity contribution is -0.774. The summed E-state index contributed by atoms with van der Waals surface area (Å²) >= 11 is 0. The molecular weight excluding hydrogens is 324 g/mol. The zero-order valence-corrected chi connectivity index (χ0v) is 14.8. The number of rotatable bonds is 15. The van der Waals surface area contributed by atoms with Gasteiger partial charge in [-0.3, -0.25) is 25.0 Å². The minimum Gasteiger partial charge on any atom is -0.287 e. The molecule has 0 unspecified atom stereocenters. The van der Waals surface area contributed by atoms with Crippen molar-refractivity contribution in [1.82, 2.24) is 0 Å². The normalized spacial score (nSPS) is 12.4. The van der Waals surface area contributed by atoms with Gasteiger partial charge in [-0.05, 0) is 38.5 Å². The van der Waals surface area contributed by atoms with Crippen LogP contribution >= 0.6 is 0 Å². The first kappa shape index (κ1) is 22.7. The molecule has 0 aromatic rings. The van der Waals surface area contributed by atoms with Crippen LogP contribution in [0.5, 0.6) is 0 Å². The summed E-state index contributed by atoms with van der Waals surface area (Å²) in [5, 5.41) is 21.5. The van der Waals surface area contributed by atoms with E-state index in [4.69, 9.17) is 0 Å². The Balaban J connectivity index is 3.81. The molecule has 0 aliphatic rings. The molecule has 140 valence electrons. The fourth-order valence-electron chi connectivity index (χ4n) is 2.22. The summed E-state index contributed by atoms with van der Waals surface area (Å²) in [6, 6.07) is 0. The summed E-state index contributed by atoms with van der Waals surface area (Å²) in [5.74, 6) is 0. The lowest BCUT2D eigenvalue weighted by Crippen LogP contribution is -2.47. The van der Waals surface area contributed by atoms with Crippen LogP contribution in [-0.4, -0.2) is 21.8 Å². The van der Waals surface area contributed by atoms with Gasteiger partial charge in [0, 0.05) is 0 Å². The molecule has 0 fully saturated rings. The van der Waals surface area contributed by atoms with E-state index in [1.807, 2.05) is 0 Å². The van der Waals surface area contributed by atoms with Crippen molar-refractivity contribution in [2.75, 3.05) is 0 Å². The Morgan fingerprint density at radius 3 is 1.84 bits per heavy atom. The Kier molecular flexibility index (Phi) is 12.8. The first-order valence-electron chi connectivity index (χ1n) is 8.71. The summed E-state index contributed by atoms with van der Waals surface area (Å²) in [6.45, 7) is 2.10. The number of nitrogens with zero attached hydrogens (tertiary/aromatic N) is 2. The average Bonchev–Trinajstić information content (AvgIpc) is 2.58. The maximum Gasteiger partial charge on any atom is 0.512 e. The predicted octanol–water partition coefficient (Wildman–Crippen LogP) is 4.63. The highest BCUT2D eigenvalue weighted by atomic mass is 16.7. The van der Waals surface area contributed by atoms with E-state index in [-0.39, 0.29) is 12.7 Å². The molecule has 0 saturated heterocycles. The molecule has 0 aliphatic carbocycles. The van der Waals surface area contributed by atoms with Crippen LogP contribution in [0.2, 0.25) is 0 Å². The second-order valence-corrected chi connectivity index (χ2v) is 5.76. The van der Waals surface area contributed by atoms with Crippen molar-refractivity contribution in [3.05, 3.63) is 56.7 Å². The first-order valence-corrected chi connectivity index (χ1v) is 8.71. The van der Waals surface area contributed by atoms with Gasteiger partial charge in [-0.1, -0.05) is 56.2 Å². The number of nitro groups is 2. The Labute approximate surface area is 148 Å². The topological polar surface area (TPSA) is 103 Å². The van der Waals surface area contributed by atoms with Crippen LogP contribution in [0.4, 0.5) is 0 Å². The fraction of sp³-hybridized carbons (Fsp3) is 0.611. The van der Waals surface area contributed by atoms with Crippen molar-refractivity contribution >= 4 is 6.29 Å². The van der Waals surface area contributed by atoms with E-state index in [9.17, 15) is 25.0 Å². The third-order valence-corrected chi connectivity index (χ3v) is 3.77. The van der Waals surface area contributed by atoms with Crippen LogP contribution in [-0.2, 0) is 4.79 Å². The van der Waals surface area contributed by atoms with Crippen molar-refractivity contribution in [3.63, 3.8) is 0 Å². The molecule has 25 heavy (non-hydrogen) atoms. The number of aldehydes is 1. The summed E-state index contributed by atoms with van der Waals surface area (Å²) in [4.78, 5) is 30.1. The number of allylic oxidation sites excluding steroid dienone is 6. The van der Waals surface area contributed by atoms with Gasteiger partial charge >= 0.3 is 5.66 Å². The summed E-state index contributed by atoms with van der Waals surface area (Å²) in [7, 11) is 0. The smallest absolute Gasteiger partial charge is 0.287 e. The van der Waals surface area contributed by atoms with Gasteiger partial charge < -0.3 is 0 Å². The summed E-state index contributed by atoms with van der Waals surface area (Å²) in [5.41, 5.74) is -2.68. The first-order chi connectivity index (χ1) is 12.0. The molecule has 0 rings (SSSR count). The van der Waals surface area contributed by atoms with Gasteiger partial charge in [-0.15, -0.1) is 0 Å². The van der Waals surface area contributed by atoms with Crippen LogP contribution in [0.3, 0.4) is 0 Å². The number of carbonyl (C=O) groups excluding carboxylic acids is 1. The van der Waals surface area contributed by atoms with E-state index in [1.54, 1.807) is 0 Å². The molecule has 0 spiro atoms. The third kappa shape index (κ3) is 9.54. The quantitative estimate of drug-likeness (QED) is 0.107. The van der Waals surface area contributed by atoms with Gasteiger partial charge in [0.1, 0.15) is 9.85 Å². The molecule has 0 saturated carbocycles. The van der Waals surface area contributed by atoms with E-state index < -0.39 is 15.5 Å². The highest BCUT2D eigenvalue weighted by Crippen LogP contribution is 2.18. The van der Waals surface area contributed by atoms with Gasteiger partial charge in [0.2, 0.25) is 0 Å². The highest BCUT2D eigenvalue weighted by Gasteiger charge is 2.55. The Morgan fingerprint density at radius 1 is 0.800 bits per heavy atom. The molecule has 7 nitrogen and oxygen atoms in total. The number of hydrogen-bond donors (Lipinski definition) is 0. The van der Waals surface area contributed by atoms with E-state index in [2.05, 4.69) is 43.4 Å². The monoisotopic (exact) mass is 352 g/mol. The van der Waals surface area contributed by atoms with Crippen LogP contribution in [0.25, 0.3) is 0 Å². The van der Waals surface area contributed by atoms with E-state index in [0.29, 0.717) is 12.8 Å². The van der Waals surface area contributed by atoms with Crippen molar-refractivity contribution in [2.45, 2.75) is 70.4 Å². The van der Waals surface area contributed by atoms with Gasteiger partial charge in [-0.2, -0.15) is 0 Å². The molecule has 0 atom stereocenters. The summed E-state index contributed by atoms with van der Waals surface area (Å²) in [6.07, 6.45) is 18.7. The van der Waals surface area contributed by atoms with Crippen LogP contribution in [0.1, 0.15) is 64.7 Å². The molecule has 0 aliphatic heterocycles. The average molecular weight is 352 g/mol. The van der Waals surface area contributed by atoms with Crippen LogP contribution < -0.4 is 0 Å². The fourth-order valence-corrected chi connectivity index (χ4v) is 2.22. The largest absolute Gasteiger partial charge is 0.512 e. The SMILES string of the molecule is CC/C=C/C/C=C/C/C=C/CCCCCCC(C=O)([N+](=O)[O-])[N+](=O)[O-]. The van der Waals surface area contributed by atoms with Crippen molar-refractivity contribution < 1.29 is 14.6 Å². The highest BCUT2D eigenvalue weighted by molar-refractivity contribution is 5.59. The minimum atomic E-state index is -2.68. The number of carbonyl (C=O) groups is 1. The molecule has 0 heterocycles. The Bertz CT molecular complexity index is 484. The standard InChI is InChI=1S/C18H28N2O5/c1-2-3-4-5-6-7-8-9-10-11-12-13-14-15-16-18(17-21,19(22)23)20(24)25/h3-4,6-7,9-10,17H,2,5,8,11-16H2,1H3/b4-3+,7-6+,10-9+. The van der Waals surface area contributed by atoms with E-state index in [1.165, 1.54) is 0 Å². The molecule has 7 heteroatoms. The second-order valence-electron chi connectivity index (χ2n) is 5.76. The lowest BCUT2D eigenvalue weighted by atomic mass is 10.0. The Hall–Kier alpha value is -2.31. The summed E-state index contributed by atoms with van der Waals surface area (Å²) < 4.78 is 0. The number of hydrogen-bond acceptors (Lipinski definition) is 5. The third-order valence-electron chi connectivity index (χ3n) is 3.77. The van der Waals surface area contributed by atoms with Gasteiger partial charge in [0.25, 0.3) is 6.29 Å². The van der Waals surface area contributed by atoms with Crippen molar-refractivity contribution in [1.29, 1.82) is 0 Å². The molecule has 0 aromatic carbocycles. The van der Waals surface area contributed by atoms with Crippen LogP contribution in [0.15, 0.2) is 36.5 Å². The maximum atomic E-state index is 10.8. The predicted molar refractivity (Wildman–Crippen MR) is 97.4 cm³/mol. The van der Waals surface area contributed by atoms with Crippen molar-refractivity contribution in [2.24, 2.45) is 0 Å². The molecule has 0 bridgehead atoms. The minimum absolute atomic E-state index is 0.165. The number of unbranched alkanes of at least 4 members (excludes halogenated alkanes) is 4. The Morgan fingerprint density at radius 2 is 1.32 bits per heavy atom. The zero-order chi connectivity index (χ0) is 19.0.